The number of halogens is 2. The zero-order chi connectivity index (χ0) is 16.7. The molecule has 1 saturated heterocycles. The number of benzene rings is 2. The maximum atomic E-state index is 10.1. The first-order valence-electron chi connectivity index (χ1n) is 7.34. The first kappa shape index (κ1) is 18.3. The van der Waals surface area contributed by atoms with Crippen molar-refractivity contribution in [3.8, 4) is 0 Å². The molecule has 3 nitrogen and oxygen atoms in total. The van der Waals surface area contributed by atoms with Crippen LogP contribution in [0.15, 0.2) is 57.5 Å². The molecule has 1 heterocycles. The van der Waals surface area contributed by atoms with Crippen LogP contribution in [0.1, 0.15) is 34.9 Å². The van der Waals surface area contributed by atoms with Gasteiger partial charge in [0.25, 0.3) is 0 Å². The molecule has 0 amide bonds. The normalized spacial score (nSPS) is 20.3. The Morgan fingerprint density at radius 1 is 1.00 bits per heavy atom. The third-order valence-electron chi connectivity index (χ3n) is 3.50. The second kappa shape index (κ2) is 9.33. The lowest BCUT2D eigenvalue weighted by atomic mass is 10.00. The summed E-state index contributed by atoms with van der Waals surface area (Å²) < 4.78 is 7.66. The molecule has 1 aliphatic heterocycles. The van der Waals surface area contributed by atoms with Gasteiger partial charge in [-0.1, -0.05) is 56.1 Å². The van der Waals surface area contributed by atoms with Crippen LogP contribution in [0, 0.1) is 0 Å². The molecule has 0 spiro atoms. The van der Waals surface area contributed by atoms with Gasteiger partial charge in [0, 0.05) is 27.5 Å². The summed E-state index contributed by atoms with van der Waals surface area (Å²) in [6, 6.07) is 15.3. The van der Waals surface area contributed by atoms with Gasteiger partial charge in [0.15, 0.2) is 0 Å². The number of rotatable bonds is 2. The van der Waals surface area contributed by atoms with E-state index >= 15 is 0 Å². The van der Waals surface area contributed by atoms with E-state index in [1.807, 2.05) is 36.4 Å². The topological polar surface area (TPSA) is 46.5 Å². The van der Waals surface area contributed by atoms with Gasteiger partial charge in [-0.15, -0.1) is 0 Å². The van der Waals surface area contributed by atoms with E-state index in [4.69, 9.17) is 4.74 Å². The minimum absolute atomic E-state index is 0.0619. The van der Waals surface area contributed by atoms with E-state index in [1.165, 1.54) is 0 Å². The van der Waals surface area contributed by atoms with Crippen LogP contribution in [0.5, 0.6) is 0 Å². The third kappa shape index (κ3) is 6.18. The van der Waals surface area contributed by atoms with E-state index in [2.05, 4.69) is 31.9 Å². The molecule has 0 aliphatic carbocycles. The van der Waals surface area contributed by atoms with E-state index in [0.717, 1.165) is 27.2 Å². The first-order chi connectivity index (χ1) is 11.1. The van der Waals surface area contributed by atoms with Gasteiger partial charge in [-0.2, -0.15) is 0 Å². The molecule has 23 heavy (non-hydrogen) atoms. The fraction of sp³-hybridized carbons (Fsp3) is 0.278. The van der Waals surface area contributed by atoms with E-state index < -0.39 is 0 Å². The SMILES string of the molecule is O=Cc1ccc(Br)cc1.OC1CCOC(c2ccc(Br)cc2)C1. The predicted molar refractivity (Wildman–Crippen MR) is 97.6 cm³/mol. The highest BCUT2D eigenvalue weighted by atomic mass is 79.9. The highest BCUT2D eigenvalue weighted by molar-refractivity contribution is 9.10. The van der Waals surface area contributed by atoms with Crippen LogP contribution in [0.25, 0.3) is 0 Å². The van der Waals surface area contributed by atoms with E-state index in [1.54, 1.807) is 12.1 Å². The van der Waals surface area contributed by atoms with Crippen molar-refractivity contribution in [2.75, 3.05) is 6.61 Å². The largest absolute Gasteiger partial charge is 0.393 e. The predicted octanol–water partition coefficient (Wildman–Crippen LogP) is 4.92. The van der Waals surface area contributed by atoms with Crippen LogP contribution in [0.4, 0.5) is 0 Å². The Hall–Kier alpha value is -1.01. The summed E-state index contributed by atoms with van der Waals surface area (Å²) >= 11 is 6.65. The lowest BCUT2D eigenvalue weighted by Gasteiger charge is -2.26. The van der Waals surface area contributed by atoms with Crippen molar-refractivity contribution in [1.82, 2.24) is 0 Å². The second-order valence-electron chi connectivity index (χ2n) is 5.26. The van der Waals surface area contributed by atoms with E-state index in [-0.39, 0.29) is 12.2 Å². The summed E-state index contributed by atoms with van der Waals surface area (Å²) in [5.74, 6) is 0. The zero-order valence-electron chi connectivity index (χ0n) is 12.5. The lowest BCUT2D eigenvalue weighted by Crippen LogP contribution is -2.23. The third-order valence-corrected chi connectivity index (χ3v) is 4.56. The quantitative estimate of drug-likeness (QED) is 0.672. The van der Waals surface area contributed by atoms with Crippen molar-refractivity contribution in [3.05, 3.63) is 68.6 Å². The summed E-state index contributed by atoms with van der Waals surface area (Å²) in [6.45, 7) is 0.655. The van der Waals surface area contributed by atoms with Gasteiger partial charge in [-0.25, -0.2) is 0 Å². The van der Waals surface area contributed by atoms with Gasteiger partial charge in [0.1, 0.15) is 6.29 Å². The number of aliphatic hydroxyl groups excluding tert-OH is 1. The highest BCUT2D eigenvalue weighted by Gasteiger charge is 2.21. The molecular weight excluding hydrogens is 424 g/mol. The molecule has 2 aromatic carbocycles. The van der Waals surface area contributed by atoms with Gasteiger partial charge < -0.3 is 9.84 Å². The van der Waals surface area contributed by atoms with Gasteiger partial charge in [-0.05, 0) is 36.2 Å². The number of hydrogen-bond donors (Lipinski definition) is 1. The molecule has 1 aliphatic rings. The fourth-order valence-corrected chi connectivity index (χ4v) is 2.76. The molecule has 0 bridgehead atoms. The van der Waals surface area contributed by atoms with Crippen LogP contribution >= 0.6 is 31.9 Å². The lowest BCUT2D eigenvalue weighted by molar-refractivity contribution is -0.0447. The number of ether oxygens (including phenoxy) is 1. The molecule has 122 valence electrons. The van der Waals surface area contributed by atoms with Crippen LogP contribution in [0.2, 0.25) is 0 Å². The van der Waals surface area contributed by atoms with E-state index in [9.17, 15) is 9.90 Å². The summed E-state index contributed by atoms with van der Waals surface area (Å²) in [7, 11) is 0. The Morgan fingerprint density at radius 2 is 1.57 bits per heavy atom. The Kier molecular flexibility index (Phi) is 7.43. The molecular formula is C18H18Br2O3. The van der Waals surface area contributed by atoms with Crippen molar-refractivity contribution >= 4 is 38.1 Å². The molecule has 2 atom stereocenters. The van der Waals surface area contributed by atoms with Gasteiger partial charge >= 0.3 is 0 Å². The number of carbonyl (C=O) groups excluding carboxylic acids is 1. The standard InChI is InChI=1S/C11H13BrO2.C7H5BrO/c12-9-3-1-8(2-4-9)11-7-10(13)5-6-14-11;8-7-3-1-6(5-9)2-4-7/h1-4,10-11,13H,5-7H2;1-5H. The van der Waals surface area contributed by atoms with Crippen molar-refractivity contribution in [3.63, 3.8) is 0 Å². The molecule has 2 aromatic rings. The Bertz CT molecular complexity index is 611. The Morgan fingerprint density at radius 3 is 2.09 bits per heavy atom. The van der Waals surface area contributed by atoms with Crippen molar-refractivity contribution in [1.29, 1.82) is 0 Å². The summed E-state index contributed by atoms with van der Waals surface area (Å²) in [6.07, 6.45) is 2.14. The molecule has 3 rings (SSSR count). The van der Waals surface area contributed by atoms with Crippen LogP contribution in [0.3, 0.4) is 0 Å². The smallest absolute Gasteiger partial charge is 0.150 e. The monoisotopic (exact) mass is 440 g/mol. The van der Waals surface area contributed by atoms with Gasteiger partial charge in [0.2, 0.25) is 0 Å². The minimum Gasteiger partial charge on any atom is -0.393 e. The van der Waals surface area contributed by atoms with Crippen molar-refractivity contribution in [2.24, 2.45) is 0 Å². The fourth-order valence-electron chi connectivity index (χ4n) is 2.23. The molecule has 1 fully saturated rings. The average Bonchev–Trinajstić information content (AvgIpc) is 2.57. The number of hydrogen-bond acceptors (Lipinski definition) is 3. The number of aliphatic hydroxyl groups is 1. The second-order valence-corrected chi connectivity index (χ2v) is 7.09. The summed E-state index contributed by atoms with van der Waals surface area (Å²) in [4.78, 5) is 10.1. The first-order valence-corrected chi connectivity index (χ1v) is 8.93. The maximum absolute atomic E-state index is 10.1. The van der Waals surface area contributed by atoms with Crippen LogP contribution < -0.4 is 0 Å². The molecule has 5 heteroatoms. The summed E-state index contributed by atoms with van der Waals surface area (Å²) in [5, 5.41) is 9.51. The molecule has 2 unspecified atom stereocenters. The van der Waals surface area contributed by atoms with Crippen molar-refractivity contribution in [2.45, 2.75) is 25.0 Å². The zero-order valence-corrected chi connectivity index (χ0v) is 15.7. The van der Waals surface area contributed by atoms with Gasteiger partial charge in [0.05, 0.1) is 12.2 Å². The van der Waals surface area contributed by atoms with Crippen LogP contribution in [-0.4, -0.2) is 24.1 Å². The average molecular weight is 442 g/mol. The highest BCUT2D eigenvalue weighted by Crippen LogP contribution is 2.28. The molecule has 0 radical (unpaired) electrons. The molecule has 0 aromatic heterocycles. The van der Waals surface area contributed by atoms with E-state index in [0.29, 0.717) is 18.6 Å². The Balaban J connectivity index is 0.000000185. The maximum Gasteiger partial charge on any atom is 0.150 e. The molecule has 0 saturated carbocycles. The molecule has 1 N–H and O–H groups in total. The number of aldehydes is 1. The van der Waals surface area contributed by atoms with Crippen molar-refractivity contribution < 1.29 is 14.6 Å². The van der Waals surface area contributed by atoms with Gasteiger partial charge in [-0.3, -0.25) is 4.79 Å². The number of carbonyl (C=O) groups is 1. The summed E-state index contributed by atoms with van der Waals surface area (Å²) in [5.41, 5.74) is 1.85. The van der Waals surface area contributed by atoms with Crippen LogP contribution in [-0.2, 0) is 4.74 Å². The minimum atomic E-state index is -0.211. The Labute approximate surface area is 152 Å².